The number of benzene rings is 1. The van der Waals surface area contributed by atoms with E-state index in [0.717, 1.165) is 36.2 Å². The molecular weight excluding hydrogens is 342 g/mol. The first kappa shape index (κ1) is 17.5. The number of hydrogen-bond acceptors (Lipinski definition) is 5. The Morgan fingerprint density at radius 1 is 1.33 bits per heavy atom. The van der Waals surface area contributed by atoms with E-state index >= 15 is 0 Å². The number of fused-ring (bicyclic) bond motifs is 1. The Hall–Kier alpha value is -2.93. The van der Waals surface area contributed by atoms with Gasteiger partial charge in [0.05, 0.1) is 16.6 Å². The molecule has 1 aliphatic heterocycles. The quantitative estimate of drug-likeness (QED) is 0.663. The van der Waals surface area contributed by atoms with Gasteiger partial charge in [-0.15, -0.1) is 0 Å². The van der Waals surface area contributed by atoms with Gasteiger partial charge in [0.2, 0.25) is 0 Å². The van der Waals surface area contributed by atoms with Crippen LogP contribution in [0.3, 0.4) is 0 Å². The van der Waals surface area contributed by atoms with Crippen molar-refractivity contribution < 1.29 is 9.90 Å². The third kappa shape index (κ3) is 3.14. The van der Waals surface area contributed by atoms with E-state index < -0.39 is 0 Å². The molecule has 1 atom stereocenters. The van der Waals surface area contributed by atoms with E-state index in [0.29, 0.717) is 23.4 Å². The number of nitrogens with zero attached hydrogens (tertiary/aromatic N) is 3. The molecule has 27 heavy (non-hydrogen) atoms. The SMILES string of the molecule is CC[C@H]1CNCCN1C(=O)c1cc(-c2ccc(O)cc2)nc2n[nH]c(C)c12. The molecule has 140 valence electrons. The molecule has 1 aliphatic rings. The maximum Gasteiger partial charge on any atom is 0.255 e. The second-order valence-corrected chi connectivity index (χ2v) is 6.91. The summed E-state index contributed by atoms with van der Waals surface area (Å²) in [5.41, 5.74) is 3.48. The van der Waals surface area contributed by atoms with Crippen molar-refractivity contribution in [1.29, 1.82) is 0 Å². The van der Waals surface area contributed by atoms with Crippen molar-refractivity contribution >= 4 is 16.9 Å². The molecule has 7 heteroatoms. The third-order valence-electron chi connectivity index (χ3n) is 5.18. The summed E-state index contributed by atoms with van der Waals surface area (Å²) in [6.07, 6.45) is 0.905. The van der Waals surface area contributed by atoms with Crippen LogP contribution in [0.25, 0.3) is 22.3 Å². The summed E-state index contributed by atoms with van der Waals surface area (Å²) in [6.45, 7) is 6.30. The highest BCUT2D eigenvalue weighted by atomic mass is 16.3. The minimum atomic E-state index is 0.0141. The minimum absolute atomic E-state index is 0.0141. The van der Waals surface area contributed by atoms with Gasteiger partial charge in [0.15, 0.2) is 5.65 Å². The van der Waals surface area contributed by atoms with Gasteiger partial charge in [0, 0.05) is 36.9 Å². The largest absolute Gasteiger partial charge is 0.508 e. The van der Waals surface area contributed by atoms with Crippen molar-refractivity contribution in [2.75, 3.05) is 19.6 Å². The maximum atomic E-state index is 13.5. The molecule has 0 bridgehead atoms. The number of pyridine rings is 1. The van der Waals surface area contributed by atoms with Crippen molar-refractivity contribution in [2.45, 2.75) is 26.3 Å². The second-order valence-electron chi connectivity index (χ2n) is 6.91. The monoisotopic (exact) mass is 365 g/mol. The van der Waals surface area contributed by atoms with Crippen LogP contribution in [-0.2, 0) is 0 Å². The van der Waals surface area contributed by atoms with Crippen LogP contribution in [0, 0.1) is 6.92 Å². The van der Waals surface area contributed by atoms with Crippen LogP contribution >= 0.6 is 0 Å². The van der Waals surface area contributed by atoms with Crippen LogP contribution in [-0.4, -0.2) is 56.8 Å². The molecule has 0 aliphatic carbocycles. The number of nitrogens with one attached hydrogen (secondary N) is 2. The number of carbonyl (C=O) groups is 1. The van der Waals surface area contributed by atoms with Gasteiger partial charge in [-0.2, -0.15) is 5.10 Å². The molecule has 3 aromatic rings. The number of amides is 1. The summed E-state index contributed by atoms with van der Waals surface area (Å²) in [6, 6.07) is 8.82. The molecular formula is C20H23N5O2. The highest BCUT2D eigenvalue weighted by Crippen LogP contribution is 2.28. The van der Waals surface area contributed by atoms with Crippen LogP contribution in [0.5, 0.6) is 5.75 Å². The lowest BCUT2D eigenvalue weighted by atomic mass is 10.0. The first-order valence-electron chi connectivity index (χ1n) is 9.25. The predicted octanol–water partition coefficient (Wildman–Crippen LogP) is 2.46. The van der Waals surface area contributed by atoms with Crippen LogP contribution in [0.15, 0.2) is 30.3 Å². The summed E-state index contributed by atoms with van der Waals surface area (Å²) in [7, 11) is 0. The lowest BCUT2D eigenvalue weighted by Crippen LogP contribution is -2.53. The normalized spacial score (nSPS) is 17.4. The fourth-order valence-electron chi connectivity index (χ4n) is 3.67. The van der Waals surface area contributed by atoms with E-state index in [1.54, 1.807) is 24.3 Å². The molecule has 0 spiro atoms. The highest BCUT2D eigenvalue weighted by Gasteiger charge is 2.28. The van der Waals surface area contributed by atoms with Gasteiger partial charge >= 0.3 is 0 Å². The predicted molar refractivity (Wildman–Crippen MR) is 104 cm³/mol. The molecule has 1 aromatic carbocycles. The molecule has 0 radical (unpaired) electrons. The van der Waals surface area contributed by atoms with Crippen LogP contribution < -0.4 is 5.32 Å². The Morgan fingerprint density at radius 2 is 2.11 bits per heavy atom. The van der Waals surface area contributed by atoms with Gasteiger partial charge in [0.1, 0.15) is 5.75 Å². The highest BCUT2D eigenvalue weighted by molar-refractivity contribution is 6.07. The molecule has 3 heterocycles. The Labute approximate surface area is 157 Å². The first-order valence-corrected chi connectivity index (χ1v) is 9.25. The Morgan fingerprint density at radius 3 is 2.85 bits per heavy atom. The molecule has 7 nitrogen and oxygen atoms in total. The topological polar surface area (TPSA) is 94.1 Å². The van der Waals surface area contributed by atoms with Crippen molar-refractivity contribution in [3.05, 3.63) is 41.6 Å². The molecule has 3 N–H and O–H groups in total. The van der Waals surface area contributed by atoms with Gasteiger partial charge in [-0.05, 0) is 43.7 Å². The van der Waals surface area contributed by atoms with Crippen molar-refractivity contribution in [3.8, 4) is 17.0 Å². The van der Waals surface area contributed by atoms with Crippen molar-refractivity contribution in [3.63, 3.8) is 0 Å². The van der Waals surface area contributed by atoms with E-state index in [-0.39, 0.29) is 17.7 Å². The van der Waals surface area contributed by atoms with E-state index in [1.807, 2.05) is 17.9 Å². The molecule has 0 saturated carbocycles. The third-order valence-corrected chi connectivity index (χ3v) is 5.18. The van der Waals surface area contributed by atoms with Crippen molar-refractivity contribution in [2.24, 2.45) is 0 Å². The fraction of sp³-hybridized carbons (Fsp3) is 0.350. The van der Waals surface area contributed by atoms with E-state index in [1.165, 1.54) is 0 Å². The summed E-state index contributed by atoms with van der Waals surface area (Å²) in [5.74, 6) is 0.207. The summed E-state index contributed by atoms with van der Waals surface area (Å²) >= 11 is 0. The number of aromatic hydroxyl groups is 1. The summed E-state index contributed by atoms with van der Waals surface area (Å²) in [5, 5.41) is 20.9. The maximum absolute atomic E-state index is 13.5. The van der Waals surface area contributed by atoms with Gasteiger partial charge in [-0.1, -0.05) is 6.92 Å². The molecule has 2 aromatic heterocycles. The van der Waals surface area contributed by atoms with Crippen molar-refractivity contribution in [1.82, 2.24) is 25.4 Å². The van der Waals surface area contributed by atoms with Gasteiger partial charge in [-0.25, -0.2) is 4.98 Å². The van der Waals surface area contributed by atoms with Gasteiger partial charge in [0.25, 0.3) is 5.91 Å². The zero-order valence-electron chi connectivity index (χ0n) is 15.5. The number of aromatic nitrogens is 3. The average Bonchev–Trinajstić information content (AvgIpc) is 3.08. The number of aryl methyl sites for hydroxylation is 1. The Bertz CT molecular complexity index is 980. The number of hydrogen-bond donors (Lipinski definition) is 3. The van der Waals surface area contributed by atoms with E-state index in [9.17, 15) is 9.90 Å². The smallest absolute Gasteiger partial charge is 0.255 e. The van der Waals surface area contributed by atoms with Gasteiger partial charge < -0.3 is 15.3 Å². The fourth-order valence-corrected chi connectivity index (χ4v) is 3.67. The molecule has 1 saturated heterocycles. The lowest BCUT2D eigenvalue weighted by Gasteiger charge is -2.36. The number of H-pyrrole nitrogens is 1. The zero-order valence-corrected chi connectivity index (χ0v) is 15.5. The number of aromatic amines is 1. The minimum Gasteiger partial charge on any atom is -0.508 e. The number of phenolic OH excluding ortho intramolecular Hbond substituents is 1. The number of piperazine rings is 1. The Kier molecular flexibility index (Phi) is 4.53. The number of carbonyl (C=O) groups excluding carboxylic acids is 1. The van der Waals surface area contributed by atoms with Crippen LogP contribution in [0.1, 0.15) is 29.4 Å². The standard InChI is InChI=1S/C20H23N5O2/c1-3-14-11-21-8-9-25(14)20(27)16-10-17(13-4-6-15(26)7-5-13)22-19-18(16)12(2)23-24-19/h4-7,10,14,21,26H,3,8-9,11H2,1-2H3,(H,22,23,24)/t14-/m0/s1. The first-order chi connectivity index (χ1) is 13.1. The molecule has 1 fully saturated rings. The van der Waals surface area contributed by atoms with Gasteiger partial charge in [-0.3, -0.25) is 9.89 Å². The lowest BCUT2D eigenvalue weighted by molar-refractivity contribution is 0.0633. The molecule has 0 unspecified atom stereocenters. The summed E-state index contributed by atoms with van der Waals surface area (Å²) in [4.78, 5) is 20.0. The number of rotatable bonds is 3. The second kappa shape index (κ2) is 7.00. The van der Waals surface area contributed by atoms with Crippen LogP contribution in [0.4, 0.5) is 0 Å². The average molecular weight is 365 g/mol. The molecule has 1 amide bonds. The van der Waals surface area contributed by atoms with E-state index in [4.69, 9.17) is 0 Å². The van der Waals surface area contributed by atoms with E-state index in [2.05, 4.69) is 27.4 Å². The molecule has 4 rings (SSSR count). The zero-order chi connectivity index (χ0) is 19.0. The van der Waals surface area contributed by atoms with Crippen LogP contribution in [0.2, 0.25) is 0 Å². The summed E-state index contributed by atoms with van der Waals surface area (Å²) < 4.78 is 0. The number of phenols is 1. The Balaban J connectivity index is 1.84.